The highest BCUT2D eigenvalue weighted by Gasteiger charge is 2.74. The number of hydrogen-bond donors (Lipinski definition) is 1. The highest BCUT2D eigenvalue weighted by molar-refractivity contribution is 7.92. The number of fused-ring (bicyclic) bond motifs is 3. The summed E-state index contributed by atoms with van der Waals surface area (Å²) >= 11 is 0. The van der Waals surface area contributed by atoms with Crippen molar-refractivity contribution < 1.29 is 43.9 Å². The lowest BCUT2D eigenvalue weighted by atomic mass is 9.76. The fourth-order valence-electron chi connectivity index (χ4n) is 6.60. The van der Waals surface area contributed by atoms with Gasteiger partial charge in [0.1, 0.15) is 4.75 Å². The number of rotatable bonds is 4. The first-order valence-electron chi connectivity index (χ1n) is 13.0. The first-order valence-corrected chi connectivity index (χ1v) is 16.1. The summed E-state index contributed by atoms with van der Waals surface area (Å²) in [6, 6.07) is 8.08. The van der Waals surface area contributed by atoms with Crippen molar-refractivity contribution in [3.05, 3.63) is 65.2 Å². The lowest BCUT2D eigenvalue weighted by Crippen LogP contribution is -2.54. The molecule has 0 spiro atoms. The number of amides is 1. The van der Waals surface area contributed by atoms with Gasteiger partial charge in [-0.1, -0.05) is 36.4 Å². The molecule has 5 nitrogen and oxygen atoms in total. The Morgan fingerprint density at radius 2 is 1.54 bits per heavy atom. The number of nitrogens with zero attached hydrogens (tertiary/aromatic N) is 1. The molecule has 0 bridgehead atoms. The number of aryl methyl sites for hydroxylation is 1. The minimum Gasteiger partial charge on any atom is -0.337 e. The largest absolute Gasteiger partial charge is 0.435 e. The molecule has 3 aliphatic rings. The summed E-state index contributed by atoms with van der Waals surface area (Å²) < 4.78 is 131. The maximum atomic E-state index is 14.9. The molecule has 0 saturated carbocycles. The van der Waals surface area contributed by atoms with Crippen molar-refractivity contribution in [3.63, 3.8) is 0 Å². The molecule has 2 aliphatic heterocycles. The first kappa shape index (κ1) is 30.0. The smallest absolute Gasteiger partial charge is 0.337 e. The van der Waals surface area contributed by atoms with Crippen LogP contribution in [0.25, 0.3) is 0 Å². The van der Waals surface area contributed by atoms with Gasteiger partial charge in [0.15, 0.2) is 9.84 Å². The minimum atomic E-state index is -6.31. The standard InChI is InChI=1S/C27H27F7N2O3S2/c28-25(26(29,30)31,27(32,33)34)19-7-8-21-18(16-19)6-9-22-24(21,41(38,39)20-4-2-1-3-5-20)12-13-36(22)23(37)17-10-14-40(35)15-11-17/h1-5,7-8,16-17,22,35H,6,9-15H2. The van der Waals surface area contributed by atoms with Gasteiger partial charge in [0.05, 0.1) is 10.9 Å². The minimum absolute atomic E-state index is 0.0142. The molecule has 1 aliphatic carbocycles. The van der Waals surface area contributed by atoms with Crippen molar-refractivity contribution in [1.29, 1.82) is 4.78 Å². The van der Waals surface area contributed by atoms with Gasteiger partial charge in [0, 0.05) is 29.5 Å². The Balaban J connectivity index is 1.65. The predicted octanol–water partition coefficient (Wildman–Crippen LogP) is 5.98. The van der Waals surface area contributed by atoms with Crippen molar-refractivity contribution in [3.8, 4) is 0 Å². The van der Waals surface area contributed by atoms with Crippen LogP contribution in [0, 0.1) is 10.7 Å². The maximum absolute atomic E-state index is 14.9. The van der Waals surface area contributed by atoms with Gasteiger partial charge in [-0.15, -0.1) is 10.7 Å². The molecule has 2 aromatic rings. The number of sulfone groups is 1. The predicted molar refractivity (Wildman–Crippen MR) is 138 cm³/mol. The second-order valence-electron chi connectivity index (χ2n) is 10.7. The number of hydrogen-bond acceptors (Lipinski definition) is 4. The summed E-state index contributed by atoms with van der Waals surface area (Å²) in [5.41, 5.74) is -7.45. The first-order chi connectivity index (χ1) is 19.1. The molecule has 2 fully saturated rings. The van der Waals surface area contributed by atoms with Crippen LogP contribution in [0.15, 0.2) is 53.4 Å². The molecule has 41 heavy (non-hydrogen) atoms. The summed E-state index contributed by atoms with van der Waals surface area (Å²) in [6.07, 6.45) is -11.9. The van der Waals surface area contributed by atoms with Gasteiger partial charge in [0.2, 0.25) is 5.91 Å². The Bertz CT molecular complexity index is 1450. The van der Waals surface area contributed by atoms with E-state index in [1.807, 2.05) is 0 Å². The van der Waals surface area contributed by atoms with E-state index in [9.17, 15) is 43.9 Å². The van der Waals surface area contributed by atoms with Crippen LogP contribution in [-0.4, -0.2) is 55.7 Å². The number of carbonyl (C=O) groups excluding carboxylic acids is 1. The summed E-state index contributed by atoms with van der Waals surface area (Å²) in [6.45, 7) is 0.0258. The van der Waals surface area contributed by atoms with Crippen LogP contribution in [0.3, 0.4) is 0 Å². The Morgan fingerprint density at radius 3 is 2.12 bits per heavy atom. The summed E-state index contributed by atoms with van der Waals surface area (Å²) in [5.74, 6) is 0.456. The van der Waals surface area contributed by atoms with Crippen molar-refractivity contribution in [1.82, 2.24) is 4.90 Å². The van der Waals surface area contributed by atoms with Crippen molar-refractivity contribution in [2.24, 2.45) is 5.92 Å². The van der Waals surface area contributed by atoms with Gasteiger partial charge >= 0.3 is 18.0 Å². The molecule has 2 heterocycles. The second kappa shape index (κ2) is 10.1. The van der Waals surface area contributed by atoms with Crippen molar-refractivity contribution >= 4 is 26.4 Å². The SMILES string of the molecule is N=S1CCC(C(=O)N2CCC3(S(=O)(=O)c4ccccc4)c4ccc(C(F)(C(F)(F)F)C(F)(F)F)cc4CCC23)CC1. The Hall–Kier alpha value is -2.48. The third-order valence-corrected chi connectivity index (χ3v) is 12.7. The second-order valence-corrected chi connectivity index (χ2v) is 14.8. The fraction of sp³-hybridized carbons (Fsp3) is 0.519. The molecule has 14 heteroatoms. The molecule has 2 atom stereocenters. The molecular formula is C27H27F7N2O3S2. The normalized spacial score (nSPS) is 27.3. The van der Waals surface area contributed by atoms with Crippen LogP contribution in [0.2, 0.25) is 0 Å². The zero-order valence-corrected chi connectivity index (χ0v) is 23.2. The van der Waals surface area contributed by atoms with Crippen LogP contribution in [0.5, 0.6) is 0 Å². The van der Waals surface area contributed by atoms with E-state index in [4.69, 9.17) is 4.78 Å². The summed E-state index contributed by atoms with van der Waals surface area (Å²) in [7, 11) is -4.89. The average Bonchev–Trinajstić information content (AvgIpc) is 3.33. The number of carbonyl (C=O) groups is 1. The van der Waals surface area contributed by atoms with Gasteiger partial charge in [-0.2, -0.15) is 26.3 Å². The molecule has 5 rings (SSSR count). The van der Waals surface area contributed by atoms with Gasteiger partial charge in [0.25, 0.3) is 0 Å². The van der Waals surface area contributed by atoms with Gasteiger partial charge in [-0.05, 0) is 55.4 Å². The van der Waals surface area contributed by atoms with E-state index in [1.165, 1.54) is 29.2 Å². The highest BCUT2D eigenvalue weighted by Crippen LogP contribution is 2.56. The van der Waals surface area contributed by atoms with Crippen molar-refractivity contribution in [2.45, 2.75) is 65.8 Å². The fourth-order valence-corrected chi connectivity index (χ4v) is 10.3. The summed E-state index contributed by atoms with van der Waals surface area (Å²) in [4.78, 5) is 15.1. The van der Waals surface area contributed by atoms with E-state index in [-0.39, 0.29) is 47.7 Å². The third kappa shape index (κ3) is 4.50. The summed E-state index contributed by atoms with van der Waals surface area (Å²) in [5, 5.41) is 0. The molecule has 1 amide bonds. The number of benzene rings is 2. The average molecular weight is 625 g/mol. The van der Waals surface area contributed by atoms with Gasteiger partial charge in [-0.25, -0.2) is 12.8 Å². The van der Waals surface area contributed by atoms with Crippen LogP contribution < -0.4 is 0 Å². The van der Waals surface area contributed by atoms with E-state index < -0.39 is 60.8 Å². The molecule has 224 valence electrons. The highest BCUT2D eigenvalue weighted by atomic mass is 32.2. The van der Waals surface area contributed by atoms with E-state index >= 15 is 0 Å². The number of halogens is 7. The van der Waals surface area contributed by atoms with Crippen LogP contribution in [0.4, 0.5) is 30.7 Å². The molecule has 1 N–H and O–H groups in total. The Labute approximate surface area is 234 Å². The third-order valence-electron chi connectivity index (χ3n) is 8.66. The lowest BCUT2D eigenvalue weighted by Gasteiger charge is -2.43. The van der Waals surface area contributed by atoms with E-state index in [0.717, 1.165) is 6.07 Å². The molecule has 0 radical (unpaired) electrons. The topological polar surface area (TPSA) is 78.3 Å². The number of nitrogens with one attached hydrogen (secondary N) is 1. The van der Waals surface area contributed by atoms with Crippen molar-refractivity contribution in [2.75, 3.05) is 18.1 Å². The number of alkyl halides is 7. The van der Waals surface area contributed by atoms with E-state index in [2.05, 4.69) is 0 Å². The van der Waals surface area contributed by atoms with Crippen LogP contribution in [-0.2, 0) is 42.2 Å². The molecular weight excluding hydrogens is 597 g/mol. The lowest BCUT2D eigenvalue weighted by molar-refractivity contribution is -0.348. The molecule has 2 aromatic carbocycles. The van der Waals surface area contributed by atoms with Crippen LogP contribution >= 0.6 is 0 Å². The zero-order chi connectivity index (χ0) is 30.0. The van der Waals surface area contributed by atoms with Gasteiger partial charge < -0.3 is 4.90 Å². The molecule has 2 saturated heterocycles. The number of likely N-dealkylation sites (tertiary alicyclic amines) is 1. The maximum Gasteiger partial charge on any atom is 0.435 e. The van der Waals surface area contributed by atoms with Crippen LogP contribution in [0.1, 0.15) is 42.4 Å². The van der Waals surface area contributed by atoms with Gasteiger partial charge in [-0.3, -0.25) is 9.57 Å². The Morgan fingerprint density at radius 1 is 0.927 bits per heavy atom. The zero-order valence-electron chi connectivity index (χ0n) is 21.6. The molecule has 0 aromatic heterocycles. The van der Waals surface area contributed by atoms with E-state index in [1.54, 1.807) is 6.07 Å². The molecule has 2 unspecified atom stereocenters. The Kier molecular flexibility index (Phi) is 7.36. The quantitative estimate of drug-likeness (QED) is 0.425. The monoisotopic (exact) mass is 624 g/mol. The van der Waals surface area contributed by atoms with E-state index in [0.29, 0.717) is 36.5 Å².